The van der Waals surface area contributed by atoms with Crippen LogP contribution in [0.2, 0.25) is 0 Å². The minimum Gasteiger partial charge on any atom is -0.354 e. The number of allylic oxidation sites excluding steroid dienone is 8. The molecule has 8 nitrogen and oxygen atoms in total. The monoisotopic (exact) mass is 678 g/mol. The lowest BCUT2D eigenvalue weighted by Gasteiger charge is -2.06. The van der Waals surface area contributed by atoms with Crippen LogP contribution in [0.4, 0.5) is 0 Å². The van der Waals surface area contributed by atoms with Crippen molar-refractivity contribution in [1.82, 2.24) is 29.9 Å². The van der Waals surface area contributed by atoms with E-state index in [0.29, 0.717) is 0 Å². The van der Waals surface area contributed by atoms with Crippen LogP contribution in [0.25, 0.3) is 80.0 Å². The fraction of sp³-hybridized carbons (Fsp3) is 0.0909. The molecule has 0 spiro atoms. The molecule has 0 saturated carbocycles. The van der Waals surface area contributed by atoms with Crippen LogP contribution in [0.1, 0.15) is 47.8 Å². The van der Waals surface area contributed by atoms with Gasteiger partial charge in [-0.1, -0.05) is 36.4 Å². The SMILES string of the molecule is C/N=C/C=C\C=C(/C)c1c2nc(c(-c3ccccn3)c3ccc([nH]3)c(-c3ccccn3)c3nc(c(/C(C)=C/C=C\C=N\C)c4ccc1[nH]4)C=C3)C=C2. The predicted octanol–water partition coefficient (Wildman–Crippen LogP) is 10.1. The Balaban J connectivity index is 1.65. The van der Waals surface area contributed by atoms with Crippen LogP contribution in [0.5, 0.6) is 0 Å². The van der Waals surface area contributed by atoms with Crippen LogP contribution in [-0.4, -0.2) is 56.4 Å². The van der Waals surface area contributed by atoms with Gasteiger partial charge in [0.25, 0.3) is 0 Å². The first-order valence-corrected chi connectivity index (χ1v) is 17.1. The number of pyridine rings is 2. The summed E-state index contributed by atoms with van der Waals surface area (Å²) in [6.45, 7) is 4.21. The van der Waals surface area contributed by atoms with Gasteiger partial charge in [-0.05, 0) is 110 Å². The second-order valence-electron chi connectivity index (χ2n) is 12.2. The van der Waals surface area contributed by atoms with E-state index >= 15 is 0 Å². The summed E-state index contributed by atoms with van der Waals surface area (Å²) in [4.78, 5) is 35.8. The van der Waals surface area contributed by atoms with Gasteiger partial charge < -0.3 is 9.97 Å². The minimum atomic E-state index is 0.807. The van der Waals surface area contributed by atoms with Crippen LogP contribution >= 0.6 is 0 Å². The summed E-state index contributed by atoms with van der Waals surface area (Å²) >= 11 is 0. The number of fused-ring (bicyclic) bond motifs is 8. The first kappa shape index (κ1) is 33.7. The molecule has 0 radical (unpaired) electrons. The van der Waals surface area contributed by atoms with Gasteiger partial charge in [0.15, 0.2) is 0 Å². The maximum Gasteiger partial charge on any atom is 0.0753 e. The van der Waals surface area contributed by atoms with Gasteiger partial charge in [-0.3, -0.25) is 20.0 Å². The van der Waals surface area contributed by atoms with Gasteiger partial charge in [0.1, 0.15) is 0 Å². The van der Waals surface area contributed by atoms with Crippen molar-refractivity contribution in [3.8, 4) is 22.5 Å². The zero-order valence-electron chi connectivity index (χ0n) is 29.5. The molecule has 8 bridgehead atoms. The molecule has 8 heteroatoms. The third kappa shape index (κ3) is 6.95. The van der Waals surface area contributed by atoms with E-state index in [1.54, 1.807) is 26.5 Å². The molecule has 0 fully saturated rings. The number of aromatic amines is 2. The van der Waals surface area contributed by atoms with Gasteiger partial charge in [-0.15, -0.1) is 0 Å². The smallest absolute Gasteiger partial charge is 0.0753 e. The molecule has 0 amide bonds. The third-order valence-corrected chi connectivity index (χ3v) is 8.77. The Morgan fingerprint density at radius 1 is 0.519 bits per heavy atom. The van der Waals surface area contributed by atoms with E-state index in [1.807, 2.05) is 73.1 Å². The maximum atomic E-state index is 5.30. The van der Waals surface area contributed by atoms with Crippen molar-refractivity contribution in [2.45, 2.75) is 13.8 Å². The van der Waals surface area contributed by atoms with Gasteiger partial charge in [0, 0.05) is 72.2 Å². The number of aliphatic imine (C=N–C) groups is 2. The van der Waals surface area contributed by atoms with Gasteiger partial charge in [0.05, 0.1) is 45.2 Å². The van der Waals surface area contributed by atoms with Crippen LogP contribution in [0.3, 0.4) is 0 Å². The number of hydrogen-bond acceptors (Lipinski definition) is 6. The molecule has 0 saturated heterocycles. The minimum absolute atomic E-state index is 0.807. The first-order valence-electron chi connectivity index (χ1n) is 17.1. The Morgan fingerprint density at radius 2 is 0.942 bits per heavy atom. The molecular formula is C44H38N8. The summed E-state index contributed by atoms with van der Waals surface area (Å²) in [7, 11) is 3.52. The van der Waals surface area contributed by atoms with Crippen molar-refractivity contribution in [2.75, 3.05) is 14.1 Å². The molecule has 2 N–H and O–H groups in total. The van der Waals surface area contributed by atoms with E-state index in [4.69, 9.17) is 19.9 Å². The Bertz CT molecular complexity index is 2360. The molecule has 0 unspecified atom stereocenters. The molecule has 0 aliphatic carbocycles. The topological polar surface area (TPSA) is 108 Å². The van der Waals surface area contributed by atoms with Crippen LogP contribution in [0.15, 0.2) is 119 Å². The van der Waals surface area contributed by atoms with E-state index in [9.17, 15) is 0 Å². The third-order valence-electron chi connectivity index (χ3n) is 8.77. The van der Waals surface area contributed by atoms with Crippen LogP contribution in [0, 0.1) is 0 Å². The number of nitrogens with one attached hydrogen (secondary N) is 2. The molecule has 5 aromatic rings. The lowest BCUT2D eigenvalue weighted by atomic mass is 10.0. The van der Waals surface area contributed by atoms with E-state index in [-0.39, 0.29) is 0 Å². The molecule has 0 aromatic carbocycles. The van der Waals surface area contributed by atoms with Crippen molar-refractivity contribution in [2.24, 2.45) is 9.98 Å². The second-order valence-corrected chi connectivity index (χ2v) is 12.2. The second kappa shape index (κ2) is 15.4. The van der Waals surface area contributed by atoms with Crippen molar-refractivity contribution >= 4 is 69.9 Å². The quantitative estimate of drug-likeness (QED) is 0.123. The lowest BCUT2D eigenvalue weighted by Crippen LogP contribution is -1.92. The zero-order chi connectivity index (χ0) is 35.9. The highest BCUT2D eigenvalue weighted by molar-refractivity contribution is 5.97. The first-order chi connectivity index (χ1) is 25.6. The van der Waals surface area contributed by atoms with Crippen molar-refractivity contribution in [3.63, 3.8) is 0 Å². The zero-order valence-corrected chi connectivity index (χ0v) is 29.5. The Labute approximate surface area is 303 Å². The van der Waals surface area contributed by atoms with Gasteiger partial charge >= 0.3 is 0 Å². The summed E-state index contributed by atoms with van der Waals surface area (Å²) < 4.78 is 0. The van der Waals surface area contributed by atoms with Crippen molar-refractivity contribution < 1.29 is 0 Å². The molecule has 0 atom stereocenters. The maximum absolute atomic E-state index is 5.30. The highest BCUT2D eigenvalue weighted by atomic mass is 14.8. The number of H-pyrrole nitrogens is 2. The van der Waals surface area contributed by atoms with E-state index in [0.717, 1.165) is 89.6 Å². The molecule has 2 aliphatic heterocycles. The summed E-state index contributed by atoms with van der Waals surface area (Å²) in [6.07, 6.45) is 27.5. The van der Waals surface area contributed by atoms with Crippen molar-refractivity contribution in [1.29, 1.82) is 0 Å². The van der Waals surface area contributed by atoms with E-state index < -0.39 is 0 Å². The molecule has 5 aromatic heterocycles. The van der Waals surface area contributed by atoms with Crippen LogP contribution in [-0.2, 0) is 0 Å². The summed E-state index contributed by atoms with van der Waals surface area (Å²) in [5.41, 5.74) is 14.4. The fourth-order valence-corrected chi connectivity index (χ4v) is 6.43. The molecule has 52 heavy (non-hydrogen) atoms. The normalized spacial score (nSPS) is 13.5. The Hall–Kier alpha value is -6.80. The van der Waals surface area contributed by atoms with Gasteiger partial charge in [-0.25, -0.2) is 9.97 Å². The van der Waals surface area contributed by atoms with Gasteiger partial charge in [0.2, 0.25) is 0 Å². The summed E-state index contributed by atoms with van der Waals surface area (Å²) in [6, 6.07) is 20.3. The van der Waals surface area contributed by atoms with Crippen molar-refractivity contribution in [3.05, 3.63) is 143 Å². The lowest BCUT2D eigenvalue weighted by molar-refractivity contribution is 1.26. The molecule has 7 heterocycles. The predicted molar refractivity (Wildman–Crippen MR) is 220 cm³/mol. The molecule has 254 valence electrons. The number of nitrogens with zero attached hydrogens (tertiary/aromatic N) is 6. The number of hydrogen-bond donors (Lipinski definition) is 2. The number of aromatic nitrogens is 6. The van der Waals surface area contributed by atoms with Gasteiger partial charge in [-0.2, -0.15) is 0 Å². The summed E-state index contributed by atoms with van der Waals surface area (Å²) in [5, 5.41) is 0. The molecular weight excluding hydrogens is 641 g/mol. The van der Waals surface area contributed by atoms with Crippen LogP contribution < -0.4 is 0 Å². The average Bonchev–Trinajstić information content (AvgIpc) is 4.01. The number of rotatable bonds is 8. The average molecular weight is 679 g/mol. The highest BCUT2D eigenvalue weighted by Crippen LogP contribution is 2.35. The Kier molecular flexibility index (Phi) is 9.97. The molecule has 7 rings (SSSR count). The standard InChI is InChI=1S/C44H38N8/c1-29(13-5-9-25-45-3)41-33-17-18-34(49-33)42(30(2)14-6-10-26-46-4)36-20-22-38(51-36)44(32-16-8-12-28-48-32)40-24-23-39(52-40)43(31-15-7-11-27-47-31)37-21-19-35(41)50-37/h5-28,49,52H,1-4H3/b9-5-,10-6-,29-13+,30-14+,41-33?,41-35?,42-34?,42-36?,43-37?,43-39?,44-38?,44-40?,45-25+,46-26+. The highest BCUT2D eigenvalue weighted by Gasteiger charge is 2.19. The summed E-state index contributed by atoms with van der Waals surface area (Å²) in [5.74, 6) is 0. The van der Waals surface area contributed by atoms with E-state index in [1.165, 1.54) is 0 Å². The van der Waals surface area contributed by atoms with E-state index in [2.05, 4.69) is 94.5 Å². The largest absolute Gasteiger partial charge is 0.354 e. The fourth-order valence-electron chi connectivity index (χ4n) is 6.43. The Morgan fingerprint density at radius 3 is 1.37 bits per heavy atom. The molecule has 2 aliphatic rings.